The van der Waals surface area contributed by atoms with E-state index < -0.39 is 0 Å². The maximum atomic E-state index is 4.65. The van der Waals surface area contributed by atoms with Crippen molar-refractivity contribution >= 4 is 11.0 Å². The number of pyridine rings is 2. The molecule has 1 saturated carbocycles. The summed E-state index contributed by atoms with van der Waals surface area (Å²) in [5.74, 6) is 1.62. The summed E-state index contributed by atoms with van der Waals surface area (Å²) in [5, 5.41) is 0. The van der Waals surface area contributed by atoms with Crippen LogP contribution < -0.4 is 0 Å². The number of hydrogen-bond acceptors (Lipinski definition) is 3. The molecule has 1 aliphatic rings. The molecular formula is C16H16N4. The summed E-state index contributed by atoms with van der Waals surface area (Å²) in [5.41, 5.74) is 4.28. The van der Waals surface area contributed by atoms with Crippen molar-refractivity contribution in [2.45, 2.75) is 25.2 Å². The molecule has 0 radical (unpaired) electrons. The number of aryl methyl sites for hydroxylation is 1. The molecule has 0 N–H and O–H groups in total. The van der Waals surface area contributed by atoms with Crippen LogP contribution in [0.1, 0.15) is 30.7 Å². The third-order valence-corrected chi connectivity index (χ3v) is 4.28. The highest BCUT2D eigenvalue weighted by molar-refractivity contribution is 5.78. The monoisotopic (exact) mass is 264 g/mol. The first-order valence-corrected chi connectivity index (χ1v) is 7.06. The maximum Gasteiger partial charge on any atom is 0.159 e. The fraction of sp³-hybridized carbons (Fsp3) is 0.312. The molecular weight excluding hydrogens is 248 g/mol. The Bertz CT molecular complexity index is 754. The Morgan fingerprint density at radius 2 is 2.05 bits per heavy atom. The van der Waals surface area contributed by atoms with Gasteiger partial charge in [0.05, 0.1) is 17.2 Å². The molecule has 0 unspecified atom stereocenters. The number of nitrogens with zero attached hydrogens (tertiary/aromatic N) is 4. The predicted octanol–water partition coefficient (Wildman–Crippen LogP) is 3.30. The van der Waals surface area contributed by atoms with Crippen molar-refractivity contribution < 1.29 is 0 Å². The molecule has 0 aromatic carbocycles. The van der Waals surface area contributed by atoms with Gasteiger partial charge in [0.1, 0.15) is 5.69 Å². The first-order valence-electron chi connectivity index (χ1n) is 7.06. The summed E-state index contributed by atoms with van der Waals surface area (Å²) in [4.78, 5) is 13.4. The van der Waals surface area contributed by atoms with Crippen molar-refractivity contribution in [1.82, 2.24) is 19.5 Å². The van der Waals surface area contributed by atoms with Crippen molar-refractivity contribution in [2.24, 2.45) is 7.05 Å². The molecule has 3 heterocycles. The van der Waals surface area contributed by atoms with E-state index in [9.17, 15) is 0 Å². The van der Waals surface area contributed by atoms with Crippen LogP contribution in [-0.4, -0.2) is 19.5 Å². The van der Waals surface area contributed by atoms with E-state index in [2.05, 4.69) is 27.1 Å². The van der Waals surface area contributed by atoms with Crippen molar-refractivity contribution in [1.29, 1.82) is 0 Å². The molecule has 4 rings (SSSR count). The summed E-state index contributed by atoms with van der Waals surface area (Å²) >= 11 is 0. The highest BCUT2D eigenvalue weighted by atomic mass is 15.1. The summed E-state index contributed by atoms with van der Waals surface area (Å²) < 4.78 is 2.05. The molecule has 0 atom stereocenters. The van der Waals surface area contributed by atoms with Gasteiger partial charge in [0.2, 0.25) is 0 Å². The molecule has 1 aliphatic carbocycles. The van der Waals surface area contributed by atoms with E-state index in [1.54, 1.807) is 6.20 Å². The minimum atomic E-state index is 0.723. The largest absolute Gasteiger partial charge is 0.325 e. The van der Waals surface area contributed by atoms with E-state index in [1.807, 2.05) is 30.1 Å². The molecule has 0 saturated heterocycles. The molecule has 0 amide bonds. The summed E-state index contributed by atoms with van der Waals surface area (Å²) in [6, 6.07) is 6.22. The molecule has 3 aromatic heterocycles. The van der Waals surface area contributed by atoms with Crippen LogP contribution in [0.3, 0.4) is 0 Å². The Kier molecular flexibility index (Phi) is 2.55. The van der Waals surface area contributed by atoms with E-state index >= 15 is 0 Å². The Morgan fingerprint density at radius 1 is 1.15 bits per heavy atom. The molecule has 0 bridgehead atoms. The molecule has 1 fully saturated rings. The van der Waals surface area contributed by atoms with Crippen LogP contribution in [0.4, 0.5) is 0 Å². The van der Waals surface area contributed by atoms with Crippen LogP contribution in [0.5, 0.6) is 0 Å². The molecule has 4 nitrogen and oxygen atoms in total. The molecule has 0 aliphatic heterocycles. The lowest BCUT2D eigenvalue weighted by molar-refractivity contribution is 0.419. The van der Waals surface area contributed by atoms with E-state index in [-0.39, 0.29) is 0 Å². The lowest BCUT2D eigenvalue weighted by Gasteiger charge is -2.25. The second-order valence-electron chi connectivity index (χ2n) is 5.46. The Hall–Kier alpha value is -2.23. The number of aromatic nitrogens is 4. The molecule has 0 spiro atoms. The minimum Gasteiger partial charge on any atom is -0.325 e. The van der Waals surface area contributed by atoms with Gasteiger partial charge < -0.3 is 4.57 Å². The highest BCUT2D eigenvalue weighted by Crippen LogP contribution is 2.36. The van der Waals surface area contributed by atoms with Gasteiger partial charge in [-0.3, -0.25) is 9.97 Å². The smallest absolute Gasteiger partial charge is 0.159 e. The van der Waals surface area contributed by atoms with E-state index in [4.69, 9.17) is 0 Å². The number of rotatable bonds is 2. The summed E-state index contributed by atoms with van der Waals surface area (Å²) in [6.07, 6.45) is 9.58. The van der Waals surface area contributed by atoms with Crippen LogP contribution >= 0.6 is 0 Å². The predicted molar refractivity (Wildman–Crippen MR) is 78.3 cm³/mol. The topological polar surface area (TPSA) is 43.6 Å². The first kappa shape index (κ1) is 11.6. The average Bonchev–Trinajstić information content (AvgIpc) is 2.76. The van der Waals surface area contributed by atoms with Gasteiger partial charge in [0, 0.05) is 19.4 Å². The van der Waals surface area contributed by atoms with Gasteiger partial charge in [-0.25, -0.2) is 4.98 Å². The maximum absolute atomic E-state index is 4.65. The Labute approximate surface area is 117 Å². The fourth-order valence-electron chi connectivity index (χ4n) is 2.78. The van der Waals surface area contributed by atoms with Crippen molar-refractivity contribution in [3.63, 3.8) is 0 Å². The molecule has 20 heavy (non-hydrogen) atoms. The van der Waals surface area contributed by atoms with E-state index in [1.165, 1.54) is 24.8 Å². The fourth-order valence-corrected chi connectivity index (χ4v) is 2.78. The number of fused-ring (bicyclic) bond motifs is 1. The summed E-state index contributed by atoms with van der Waals surface area (Å²) in [6.45, 7) is 0. The van der Waals surface area contributed by atoms with Crippen LogP contribution in [0.15, 0.2) is 36.8 Å². The zero-order valence-electron chi connectivity index (χ0n) is 11.5. The molecule has 100 valence electrons. The third kappa shape index (κ3) is 1.72. The quantitative estimate of drug-likeness (QED) is 0.713. The average molecular weight is 264 g/mol. The zero-order chi connectivity index (χ0) is 13.5. The van der Waals surface area contributed by atoms with Crippen LogP contribution in [0.2, 0.25) is 0 Å². The molecule has 3 aromatic rings. The van der Waals surface area contributed by atoms with Gasteiger partial charge in [-0.15, -0.1) is 0 Å². The van der Waals surface area contributed by atoms with Crippen molar-refractivity contribution in [3.8, 4) is 11.5 Å². The first-order chi connectivity index (χ1) is 9.83. The van der Waals surface area contributed by atoms with Gasteiger partial charge in [-0.2, -0.15) is 0 Å². The van der Waals surface area contributed by atoms with Crippen molar-refractivity contribution in [3.05, 3.63) is 42.4 Å². The Balaban J connectivity index is 1.76. The normalized spacial score (nSPS) is 15.4. The van der Waals surface area contributed by atoms with Gasteiger partial charge in [-0.1, -0.05) is 12.5 Å². The second-order valence-corrected chi connectivity index (χ2v) is 5.46. The number of hydrogen-bond donors (Lipinski definition) is 0. The highest BCUT2D eigenvalue weighted by Gasteiger charge is 2.20. The zero-order valence-corrected chi connectivity index (χ0v) is 11.5. The molecule has 4 heteroatoms. The van der Waals surface area contributed by atoms with Crippen molar-refractivity contribution in [2.75, 3.05) is 0 Å². The summed E-state index contributed by atoms with van der Waals surface area (Å²) in [7, 11) is 2.01. The standard InChI is InChI=1S/C16H16N4/c1-20-15-10-17-8-7-13(15)19-16(20)14-6-5-12(9-18-14)11-3-2-4-11/h5-11H,2-4H2,1H3. The van der Waals surface area contributed by atoms with E-state index in [0.717, 1.165) is 28.5 Å². The van der Waals surface area contributed by atoms with Gasteiger partial charge >= 0.3 is 0 Å². The van der Waals surface area contributed by atoms with Crippen LogP contribution in [0.25, 0.3) is 22.6 Å². The van der Waals surface area contributed by atoms with Crippen LogP contribution in [-0.2, 0) is 7.05 Å². The minimum absolute atomic E-state index is 0.723. The SMILES string of the molecule is Cn1c(-c2ccc(C3CCC3)cn2)nc2ccncc21. The van der Waals surface area contributed by atoms with Gasteiger partial charge in [-0.05, 0) is 36.5 Å². The lowest BCUT2D eigenvalue weighted by atomic mass is 9.81. The number of imidazole rings is 1. The van der Waals surface area contributed by atoms with Gasteiger partial charge in [0.25, 0.3) is 0 Å². The van der Waals surface area contributed by atoms with Crippen LogP contribution in [0, 0.1) is 0 Å². The lowest BCUT2D eigenvalue weighted by Crippen LogP contribution is -2.09. The van der Waals surface area contributed by atoms with Gasteiger partial charge in [0.15, 0.2) is 5.82 Å². The third-order valence-electron chi connectivity index (χ3n) is 4.28. The second kappa shape index (κ2) is 4.40. The van der Waals surface area contributed by atoms with E-state index in [0.29, 0.717) is 0 Å². The Morgan fingerprint density at radius 3 is 2.70 bits per heavy atom.